The molecule has 1 aromatic carbocycles. The Morgan fingerprint density at radius 3 is 2.37 bits per heavy atom. The summed E-state index contributed by atoms with van der Waals surface area (Å²) >= 11 is 0. The summed E-state index contributed by atoms with van der Waals surface area (Å²) in [5.74, 6) is 1.52. The van der Waals surface area contributed by atoms with Crippen LogP contribution < -0.4 is 0 Å². The highest BCUT2D eigenvalue weighted by Crippen LogP contribution is 2.33. The molecule has 0 unspecified atom stereocenters. The van der Waals surface area contributed by atoms with Crippen LogP contribution in [0.3, 0.4) is 0 Å². The highest BCUT2D eigenvalue weighted by atomic mass is 16.1. The van der Waals surface area contributed by atoms with E-state index >= 15 is 0 Å². The Hall–Kier alpha value is -1.11. The van der Waals surface area contributed by atoms with Gasteiger partial charge in [0.25, 0.3) is 0 Å². The lowest BCUT2D eigenvalue weighted by Crippen LogP contribution is -2.22. The number of hydrogen-bond acceptors (Lipinski definition) is 1. The molecule has 0 atom stereocenters. The number of ketones is 1. The Balaban J connectivity index is 1.99. The molecule has 1 heteroatoms. The number of carbonyl (C=O) groups excluding carboxylic acids is 1. The molecule has 1 fully saturated rings. The molecule has 1 aliphatic carbocycles. The maximum Gasteiger partial charge on any atom is 0.165 e. The first-order chi connectivity index (χ1) is 9.11. The molecule has 2 rings (SSSR count). The quantitative estimate of drug-likeness (QED) is 0.687. The number of Topliss-reactive ketones (excluding diaryl/α,β-unsaturated/α-hetero) is 1. The summed E-state index contributed by atoms with van der Waals surface area (Å²) in [5.41, 5.74) is 3.41. The molecule has 0 spiro atoms. The third kappa shape index (κ3) is 3.46. The van der Waals surface area contributed by atoms with E-state index in [9.17, 15) is 4.79 Å². The summed E-state index contributed by atoms with van der Waals surface area (Å²) in [6.07, 6.45) is 7.29. The summed E-state index contributed by atoms with van der Waals surface area (Å²) in [7, 11) is 0. The van der Waals surface area contributed by atoms with E-state index in [1.807, 2.05) is 6.07 Å². The van der Waals surface area contributed by atoms with Crippen molar-refractivity contribution in [2.45, 2.75) is 59.3 Å². The summed E-state index contributed by atoms with van der Waals surface area (Å²) < 4.78 is 0. The summed E-state index contributed by atoms with van der Waals surface area (Å²) in [6.45, 7) is 6.44. The highest BCUT2D eigenvalue weighted by molar-refractivity contribution is 5.98. The van der Waals surface area contributed by atoms with E-state index in [1.165, 1.54) is 36.8 Å². The average Bonchev–Trinajstić information content (AvgIpc) is 2.42. The number of hydrogen-bond donors (Lipinski definition) is 0. The van der Waals surface area contributed by atoms with Crippen molar-refractivity contribution >= 4 is 5.78 Å². The van der Waals surface area contributed by atoms with Crippen molar-refractivity contribution in [1.82, 2.24) is 0 Å². The van der Waals surface area contributed by atoms with Gasteiger partial charge in [-0.25, -0.2) is 0 Å². The third-order valence-corrected chi connectivity index (χ3v) is 4.71. The molecule has 104 valence electrons. The second kappa shape index (κ2) is 6.36. The number of rotatable bonds is 4. The van der Waals surface area contributed by atoms with Gasteiger partial charge in [-0.05, 0) is 62.6 Å². The van der Waals surface area contributed by atoms with E-state index in [2.05, 4.69) is 32.9 Å². The zero-order valence-electron chi connectivity index (χ0n) is 12.5. The van der Waals surface area contributed by atoms with Crippen LogP contribution in [-0.2, 0) is 0 Å². The molecule has 0 aliphatic heterocycles. The van der Waals surface area contributed by atoms with Gasteiger partial charge < -0.3 is 0 Å². The van der Waals surface area contributed by atoms with E-state index < -0.39 is 0 Å². The van der Waals surface area contributed by atoms with Crippen LogP contribution in [0.4, 0.5) is 0 Å². The standard InChI is InChI=1S/C18H26O/c1-4-5-15-7-10-16(11-8-15)18(19)17-9-6-13(2)14(3)12-17/h6,9,12,15-16H,4-5,7-8,10-11H2,1-3H3. The molecule has 0 aromatic heterocycles. The molecular weight excluding hydrogens is 232 g/mol. The second-order valence-electron chi connectivity index (χ2n) is 6.17. The lowest BCUT2D eigenvalue weighted by Gasteiger charge is -2.27. The zero-order valence-corrected chi connectivity index (χ0v) is 12.5. The number of carbonyl (C=O) groups is 1. The Kier molecular flexibility index (Phi) is 4.79. The van der Waals surface area contributed by atoms with Crippen LogP contribution in [0, 0.1) is 25.7 Å². The molecule has 0 N–H and O–H groups in total. The van der Waals surface area contributed by atoms with Crippen LogP contribution in [0.2, 0.25) is 0 Å². The largest absolute Gasteiger partial charge is 0.294 e. The molecule has 0 radical (unpaired) electrons. The van der Waals surface area contributed by atoms with Gasteiger partial charge in [-0.15, -0.1) is 0 Å². The van der Waals surface area contributed by atoms with Gasteiger partial charge in [-0.2, -0.15) is 0 Å². The van der Waals surface area contributed by atoms with Crippen molar-refractivity contribution in [1.29, 1.82) is 0 Å². The monoisotopic (exact) mass is 258 g/mol. The molecule has 0 amide bonds. The Labute approximate surface area is 117 Å². The normalized spacial score (nSPS) is 23.3. The minimum absolute atomic E-state index is 0.273. The number of aryl methyl sites for hydroxylation is 2. The molecule has 0 heterocycles. The van der Waals surface area contributed by atoms with Gasteiger partial charge in [0.15, 0.2) is 5.78 Å². The average molecular weight is 258 g/mol. The van der Waals surface area contributed by atoms with Crippen LogP contribution in [-0.4, -0.2) is 5.78 Å². The van der Waals surface area contributed by atoms with Gasteiger partial charge >= 0.3 is 0 Å². The first kappa shape index (κ1) is 14.3. The fourth-order valence-electron chi connectivity index (χ4n) is 3.25. The molecule has 1 aliphatic rings. The van der Waals surface area contributed by atoms with E-state index in [1.54, 1.807) is 0 Å². The Morgan fingerprint density at radius 1 is 1.11 bits per heavy atom. The molecule has 19 heavy (non-hydrogen) atoms. The SMILES string of the molecule is CCCC1CCC(C(=O)c2ccc(C)c(C)c2)CC1. The maximum absolute atomic E-state index is 12.5. The van der Waals surface area contributed by atoms with Crippen molar-refractivity contribution in [3.63, 3.8) is 0 Å². The first-order valence-corrected chi connectivity index (χ1v) is 7.73. The van der Waals surface area contributed by atoms with E-state index in [-0.39, 0.29) is 5.92 Å². The predicted octanol–water partition coefficient (Wildman–Crippen LogP) is 5.09. The molecule has 0 saturated heterocycles. The van der Waals surface area contributed by atoms with Gasteiger partial charge in [-0.1, -0.05) is 31.9 Å². The molecule has 1 saturated carbocycles. The Bertz CT molecular complexity index is 439. The summed E-state index contributed by atoms with van der Waals surface area (Å²) in [6, 6.07) is 6.14. The van der Waals surface area contributed by atoms with Crippen molar-refractivity contribution in [3.05, 3.63) is 34.9 Å². The van der Waals surface area contributed by atoms with Crippen LogP contribution in [0.15, 0.2) is 18.2 Å². The molecule has 1 aromatic rings. The first-order valence-electron chi connectivity index (χ1n) is 7.73. The molecule has 1 nitrogen and oxygen atoms in total. The van der Waals surface area contributed by atoms with Crippen LogP contribution >= 0.6 is 0 Å². The van der Waals surface area contributed by atoms with Crippen molar-refractivity contribution < 1.29 is 4.79 Å². The van der Waals surface area contributed by atoms with Crippen molar-refractivity contribution in [2.24, 2.45) is 11.8 Å². The summed E-state index contributed by atoms with van der Waals surface area (Å²) in [5, 5.41) is 0. The lowest BCUT2D eigenvalue weighted by atomic mass is 9.77. The van der Waals surface area contributed by atoms with Gasteiger partial charge in [-0.3, -0.25) is 4.79 Å². The zero-order chi connectivity index (χ0) is 13.8. The number of benzene rings is 1. The van der Waals surface area contributed by atoms with Crippen LogP contribution in [0.5, 0.6) is 0 Å². The minimum Gasteiger partial charge on any atom is -0.294 e. The second-order valence-corrected chi connectivity index (χ2v) is 6.17. The van der Waals surface area contributed by atoms with Gasteiger partial charge in [0, 0.05) is 11.5 Å². The van der Waals surface area contributed by atoms with E-state index in [4.69, 9.17) is 0 Å². The highest BCUT2D eigenvalue weighted by Gasteiger charge is 2.26. The van der Waals surface area contributed by atoms with Gasteiger partial charge in [0.2, 0.25) is 0 Å². The smallest absolute Gasteiger partial charge is 0.165 e. The predicted molar refractivity (Wildman–Crippen MR) is 80.6 cm³/mol. The minimum atomic E-state index is 0.273. The third-order valence-electron chi connectivity index (χ3n) is 4.71. The lowest BCUT2D eigenvalue weighted by molar-refractivity contribution is 0.0870. The van der Waals surface area contributed by atoms with E-state index in [0.717, 1.165) is 24.3 Å². The fraction of sp³-hybridized carbons (Fsp3) is 0.611. The van der Waals surface area contributed by atoms with Crippen molar-refractivity contribution in [3.8, 4) is 0 Å². The van der Waals surface area contributed by atoms with Crippen molar-refractivity contribution in [2.75, 3.05) is 0 Å². The van der Waals surface area contributed by atoms with Crippen LogP contribution in [0.1, 0.15) is 66.9 Å². The fourth-order valence-corrected chi connectivity index (χ4v) is 3.25. The summed E-state index contributed by atoms with van der Waals surface area (Å²) in [4.78, 5) is 12.5. The molecular formula is C18H26O. The molecule has 0 bridgehead atoms. The Morgan fingerprint density at radius 2 is 1.79 bits per heavy atom. The van der Waals surface area contributed by atoms with E-state index in [0.29, 0.717) is 5.78 Å². The van der Waals surface area contributed by atoms with Gasteiger partial charge in [0.1, 0.15) is 0 Å². The van der Waals surface area contributed by atoms with Crippen LogP contribution in [0.25, 0.3) is 0 Å². The maximum atomic E-state index is 12.5. The van der Waals surface area contributed by atoms with Gasteiger partial charge in [0.05, 0.1) is 0 Å². The topological polar surface area (TPSA) is 17.1 Å².